The van der Waals surface area contributed by atoms with Crippen molar-refractivity contribution in [3.8, 4) is 22.5 Å². The molecule has 6 rings (SSSR count). The summed E-state index contributed by atoms with van der Waals surface area (Å²) in [5, 5.41) is 1.21. The smallest absolute Gasteiger partial charge is 0.0595 e. The first-order valence-corrected chi connectivity index (χ1v) is 13.5. The van der Waals surface area contributed by atoms with E-state index in [1.165, 1.54) is 40.5 Å². The molecule has 2 nitrogen and oxygen atoms in total. The standard InChI is InChI=1S/C25H28N.C11H8N.Ir/c1-16-7-10-22-19(13-16)14-17(2)23(26-22)18-8-9-20-21(15-18)25(5,6)12-11-24(20,3)4;1-2-6-10(7-3-1)11-8-4-5-9-12-11;/h7,9-10,13-15H,11-12H2,1-6H3;1-6,8-9H;/q2*-1;. The number of aromatic nitrogens is 2. The molecule has 0 fully saturated rings. The number of fused-ring (bicyclic) bond motifs is 2. The van der Waals surface area contributed by atoms with Crippen molar-refractivity contribution in [2.45, 2.75) is 65.2 Å². The first-order valence-electron chi connectivity index (χ1n) is 13.5. The van der Waals surface area contributed by atoms with Gasteiger partial charge in [-0.3, -0.25) is 4.98 Å². The molecule has 0 saturated carbocycles. The molecule has 1 aliphatic carbocycles. The molecule has 0 amide bonds. The van der Waals surface area contributed by atoms with E-state index in [0.717, 1.165) is 28.0 Å². The quantitative estimate of drug-likeness (QED) is 0.173. The van der Waals surface area contributed by atoms with Gasteiger partial charge in [-0.15, -0.1) is 70.8 Å². The average Bonchev–Trinajstić information content (AvgIpc) is 2.92. The molecule has 1 aliphatic rings. The fraction of sp³-hybridized carbons (Fsp3) is 0.278. The van der Waals surface area contributed by atoms with Gasteiger partial charge in [-0.25, -0.2) is 0 Å². The minimum atomic E-state index is 0. The summed E-state index contributed by atoms with van der Waals surface area (Å²) in [6, 6.07) is 33.7. The number of nitrogens with zero attached hydrogens (tertiary/aromatic N) is 2. The van der Waals surface area contributed by atoms with E-state index in [1.54, 1.807) is 6.20 Å². The van der Waals surface area contributed by atoms with Crippen LogP contribution >= 0.6 is 0 Å². The van der Waals surface area contributed by atoms with Gasteiger partial charge in [-0.1, -0.05) is 69.5 Å². The fourth-order valence-electron chi connectivity index (χ4n) is 5.39. The Morgan fingerprint density at radius 2 is 1.49 bits per heavy atom. The Morgan fingerprint density at radius 3 is 2.18 bits per heavy atom. The molecule has 0 bridgehead atoms. The van der Waals surface area contributed by atoms with E-state index in [0.29, 0.717) is 0 Å². The van der Waals surface area contributed by atoms with Crippen LogP contribution in [0.15, 0.2) is 85.1 Å². The third-order valence-electron chi connectivity index (χ3n) is 7.85. The zero-order chi connectivity index (χ0) is 26.9. The van der Waals surface area contributed by atoms with Crippen molar-refractivity contribution in [1.82, 2.24) is 9.97 Å². The molecule has 201 valence electrons. The predicted octanol–water partition coefficient (Wildman–Crippen LogP) is 9.21. The summed E-state index contributed by atoms with van der Waals surface area (Å²) >= 11 is 0. The Labute approximate surface area is 247 Å². The average molecular weight is 689 g/mol. The second-order valence-corrected chi connectivity index (χ2v) is 11.8. The molecule has 0 saturated heterocycles. The van der Waals surface area contributed by atoms with Crippen LogP contribution < -0.4 is 0 Å². The van der Waals surface area contributed by atoms with Gasteiger partial charge in [-0.2, -0.15) is 0 Å². The molecular weight excluding hydrogens is 653 g/mol. The van der Waals surface area contributed by atoms with Gasteiger partial charge in [-0.05, 0) is 66.1 Å². The summed E-state index contributed by atoms with van der Waals surface area (Å²) in [7, 11) is 0. The summed E-state index contributed by atoms with van der Waals surface area (Å²) < 4.78 is 0. The largest absolute Gasteiger partial charge is 0.305 e. The molecule has 0 N–H and O–H groups in total. The molecule has 2 aromatic heterocycles. The van der Waals surface area contributed by atoms with Gasteiger partial charge in [0.1, 0.15) is 0 Å². The maximum atomic E-state index is 4.99. The van der Waals surface area contributed by atoms with Crippen LogP contribution in [0, 0.1) is 26.0 Å². The van der Waals surface area contributed by atoms with Crippen molar-refractivity contribution >= 4 is 10.9 Å². The van der Waals surface area contributed by atoms with Crippen LogP contribution in [-0.4, -0.2) is 9.97 Å². The number of aryl methyl sites for hydroxylation is 2. The van der Waals surface area contributed by atoms with Crippen LogP contribution in [0.25, 0.3) is 33.4 Å². The molecule has 3 aromatic carbocycles. The number of hydrogen-bond acceptors (Lipinski definition) is 2. The molecule has 0 spiro atoms. The Hall–Kier alpha value is -3.13. The van der Waals surface area contributed by atoms with E-state index in [4.69, 9.17) is 4.98 Å². The summed E-state index contributed by atoms with van der Waals surface area (Å²) in [5.74, 6) is 0. The van der Waals surface area contributed by atoms with E-state index in [9.17, 15) is 0 Å². The number of rotatable bonds is 2. The van der Waals surface area contributed by atoms with Crippen LogP contribution in [0.2, 0.25) is 0 Å². The second kappa shape index (κ2) is 11.5. The minimum absolute atomic E-state index is 0. The van der Waals surface area contributed by atoms with E-state index < -0.39 is 0 Å². The third-order valence-corrected chi connectivity index (χ3v) is 7.85. The van der Waals surface area contributed by atoms with Gasteiger partial charge < -0.3 is 4.98 Å². The Bertz CT molecular complexity index is 1530. The summed E-state index contributed by atoms with van der Waals surface area (Å²) in [6.45, 7) is 13.7. The van der Waals surface area contributed by atoms with Gasteiger partial charge in [0.05, 0.1) is 5.52 Å². The minimum Gasteiger partial charge on any atom is -0.305 e. The molecular formula is C36H36IrN2-2. The molecule has 5 aromatic rings. The Morgan fingerprint density at radius 1 is 0.744 bits per heavy atom. The van der Waals surface area contributed by atoms with Crippen molar-refractivity contribution < 1.29 is 20.1 Å². The predicted molar refractivity (Wildman–Crippen MR) is 159 cm³/mol. The topological polar surface area (TPSA) is 25.8 Å². The second-order valence-electron chi connectivity index (χ2n) is 11.8. The van der Waals surface area contributed by atoms with Gasteiger partial charge in [0.2, 0.25) is 0 Å². The Balaban J connectivity index is 0.000000228. The number of pyridine rings is 2. The third kappa shape index (κ3) is 6.21. The monoisotopic (exact) mass is 689 g/mol. The molecule has 0 aliphatic heterocycles. The van der Waals surface area contributed by atoms with Crippen molar-refractivity contribution in [3.05, 3.63) is 119 Å². The zero-order valence-electron chi connectivity index (χ0n) is 23.7. The zero-order valence-corrected chi connectivity index (χ0v) is 26.1. The van der Waals surface area contributed by atoms with Crippen LogP contribution in [0.5, 0.6) is 0 Å². The maximum Gasteiger partial charge on any atom is 0.0595 e. The SMILES string of the molecule is Cc1ccc2nc(-c3[c-]cc4c(c3)C(C)(C)CCC4(C)C)c(C)cc2c1.[Ir].[c-]1ccccc1-c1ccccn1. The van der Waals surface area contributed by atoms with E-state index in [1.807, 2.05) is 42.5 Å². The van der Waals surface area contributed by atoms with E-state index in [-0.39, 0.29) is 30.9 Å². The molecule has 0 unspecified atom stereocenters. The van der Waals surface area contributed by atoms with E-state index in [2.05, 4.69) is 95.1 Å². The number of hydrogen-bond donors (Lipinski definition) is 0. The molecule has 2 heterocycles. The van der Waals surface area contributed by atoms with Crippen molar-refractivity contribution in [3.63, 3.8) is 0 Å². The summed E-state index contributed by atoms with van der Waals surface area (Å²) in [5.41, 5.74) is 11.1. The normalized spacial score (nSPS) is 14.9. The summed E-state index contributed by atoms with van der Waals surface area (Å²) in [4.78, 5) is 9.21. The molecule has 3 heteroatoms. The van der Waals surface area contributed by atoms with Gasteiger partial charge in [0.25, 0.3) is 0 Å². The fourth-order valence-corrected chi connectivity index (χ4v) is 5.39. The van der Waals surface area contributed by atoms with Gasteiger partial charge in [0.15, 0.2) is 0 Å². The number of benzene rings is 3. The molecule has 0 atom stereocenters. The van der Waals surface area contributed by atoms with Crippen LogP contribution in [0.3, 0.4) is 0 Å². The van der Waals surface area contributed by atoms with Crippen molar-refractivity contribution in [2.24, 2.45) is 0 Å². The van der Waals surface area contributed by atoms with Crippen molar-refractivity contribution in [2.75, 3.05) is 0 Å². The maximum absolute atomic E-state index is 4.99. The van der Waals surface area contributed by atoms with Crippen molar-refractivity contribution in [1.29, 1.82) is 0 Å². The van der Waals surface area contributed by atoms with E-state index >= 15 is 0 Å². The van der Waals surface area contributed by atoms with Gasteiger partial charge >= 0.3 is 0 Å². The molecule has 1 radical (unpaired) electrons. The van der Waals surface area contributed by atoms with Crippen LogP contribution in [-0.2, 0) is 30.9 Å². The van der Waals surface area contributed by atoms with Gasteiger partial charge in [0, 0.05) is 26.3 Å². The van der Waals surface area contributed by atoms with Crippen LogP contribution in [0.4, 0.5) is 0 Å². The van der Waals surface area contributed by atoms with Crippen LogP contribution in [0.1, 0.15) is 62.8 Å². The first kappa shape index (κ1) is 28.9. The first-order chi connectivity index (χ1) is 18.1. The molecule has 39 heavy (non-hydrogen) atoms. The summed E-state index contributed by atoms with van der Waals surface area (Å²) in [6.07, 6.45) is 4.24. The Kier molecular flexibility index (Phi) is 8.54.